The predicted octanol–water partition coefficient (Wildman–Crippen LogP) is 4.86. The maximum atomic E-state index is 13.6. The first-order valence-electron chi connectivity index (χ1n) is 11.5. The van der Waals surface area contributed by atoms with Crippen LogP contribution in [0, 0.1) is 5.41 Å². The van der Waals surface area contributed by atoms with Crippen molar-refractivity contribution in [3.05, 3.63) is 58.4 Å². The Kier molecular flexibility index (Phi) is 7.51. The molecule has 0 amide bonds. The number of carbonyl (C=O) groups is 4. The summed E-state index contributed by atoms with van der Waals surface area (Å²) >= 11 is 0. The molecule has 2 aromatic rings. The summed E-state index contributed by atoms with van der Waals surface area (Å²) in [6.45, 7) is 7.54. The Hall–Kier alpha value is -3.22. The van der Waals surface area contributed by atoms with Crippen molar-refractivity contribution >= 4 is 23.5 Å². The standard InChI is InChI=1S/C26H31NO6/c1-5-26(6-2)14-18(28)20-21(19(29)15-26)23(25(31)33-8-4)27(22(20)24(30)32-7-3)16-17-12-10-9-11-13-17/h9-13H,5-8,14-16H2,1-4H3. The van der Waals surface area contributed by atoms with Crippen LogP contribution in [0.15, 0.2) is 30.3 Å². The molecule has 1 heterocycles. The topological polar surface area (TPSA) is 91.7 Å². The van der Waals surface area contributed by atoms with Crippen LogP contribution in [0.5, 0.6) is 0 Å². The Morgan fingerprint density at radius 3 is 1.67 bits per heavy atom. The highest BCUT2D eigenvalue weighted by atomic mass is 16.5. The molecule has 0 atom stereocenters. The van der Waals surface area contributed by atoms with E-state index in [1.807, 2.05) is 44.2 Å². The summed E-state index contributed by atoms with van der Waals surface area (Å²) in [5, 5.41) is 0. The van der Waals surface area contributed by atoms with Gasteiger partial charge in [-0.1, -0.05) is 44.2 Å². The van der Waals surface area contributed by atoms with Gasteiger partial charge in [0.15, 0.2) is 11.6 Å². The number of carbonyl (C=O) groups excluding carboxylic acids is 4. The third-order valence-electron chi connectivity index (χ3n) is 6.51. The fraction of sp³-hybridized carbons (Fsp3) is 0.462. The summed E-state index contributed by atoms with van der Waals surface area (Å²) in [6.07, 6.45) is 1.53. The second kappa shape index (κ2) is 10.1. The molecular weight excluding hydrogens is 422 g/mol. The molecule has 0 aliphatic heterocycles. The molecule has 0 radical (unpaired) electrons. The van der Waals surface area contributed by atoms with Crippen LogP contribution < -0.4 is 0 Å². The number of Topliss-reactive ketones (excluding diaryl/α,β-unsaturated/α-hetero) is 2. The molecule has 1 aromatic heterocycles. The van der Waals surface area contributed by atoms with Gasteiger partial charge in [-0.05, 0) is 37.7 Å². The lowest BCUT2D eigenvalue weighted by Crippen LogP contribution is -2.26. The summed E-state index contributed by atoms with van der Waals surface area (Å²) < 4.78 is 12.0. The van der Waals surface area contributed by atoms with Crippen LogP contribution in [0.25, 0.3) is 0 Å². The van der Waals surface area contributed by atoms with Gasteiger partial charge in [0.2, 0.25) is 0 Å². The lowest BCUT2D eigenvalue weighted by molar-refractivity contribution is 0.0497. The molecule has 0 spiro atoms. The number of aromatic nitrogens is 1. The van der Waals surface area contributed by atoms with E-state index in [4.69, 9.17) is 9.47 Å². The number of ether oxygens (including phenoxy) is 2. The molecule has 7 heteroatoms. The van der Waals surface area contributed by atoms with Crippen molar-refractivity contribution in [1.82, 2.24) is 4.57 Å². The van der Waals surface area contributed by atoms with Gasteiger partial charge in [0.25, 0.3) is 0 Å². The monoisotopic (exact) mass is 453 g/mol. The zero-order valence-corrected chi connectivity index (χ0v) is 19.7. The minimum absolute atomic E-state index is 0.0128. The molecule has 0 N–H and O–H groups in total. The average molecular weight is 454 g/mol. The molecule has 0 fully saturated rings. The molecule has 33 heavy (non-hydrogen) atoms. The van der Waals surface area contributed by atoms with Crippen LogP contribution in [-0.4, -0.2) is 41.3 Å². The van der Waals surface area contributed by atoms with E-state index in [0.717, 1.165) is 5.56 Å². The molecule has 0 bridgehead atoms. The molecule has 0 unspecified atom stereocenters. The number of esters is 2. The first-order chi connectivity index (χ1) is 15.8. The fourth-order valence-electron chi connectivity index (χ4n) is 4.58. The van der Waals surface area contributed by atoms with Crippen molar-refractivity contribution in [3.63, 3.8) is 0 Å². The second-order valence-electron chi connectivity index (χ2n) is 8.37. The summed E-state index contributed by atoms with van der Waals surface area (Å²) in [6, 6.07) is 9.22. The van der Waals surface area contributed by atoms with Crippen molar-refractivity contribution < 1.29 is 28.7 Å². The average Bonchev–Trinajstić information content (AvgIpc) is 3.09. The lowest BCUT2D eigenvalue weighted by atomic mass is 9.75. The molecule has 1 aromatic carbocycles. The maximum absolute atomic E-state index is 13.6. The quantitative estimate of drug-likeness (QED) is 0.419. The van der Waals surface area contributed by atoms with Gasteiger partial charge in [0.05, 0.1) is 24.3 Å². The third kappa shape index (κ3) is 4.63. The number of nitrogens with zero attached hydrogens (tertiary/aromatic N) is 1. The van der Waals surface area contributed by atoms with Crippen molar-refractivity contribution in [2.75, 3.05) is 13.2 Å². The zero-order chi connectivity index (χ0) is 24.2. The van der Waals surface area contributed by atoms with Crippen molar-refractivity contribution in [1.29, 1.82) is 0 Å². The normalized spacial score (nSPS) is 15.0. The van der Waals surface area contributed by atoms with Gasteiger partial charge in [-0.2, -0.15) is 0 Å². The van der Waals surface area contributed by atoms with Gasteiger partial charge in [0, 0.05) is 19.4 Å². The second-order valence-corrected chi connectivity index (χ2v) is 8.37. The van der Waals surface area contributed by atoms with Crippen LogP contribution in [-0.2, 0) is 16.0 Å². The number of hydrogen-bond acceptors (Lipinski definition) is 6. The smallest absolute Gasteiger partial charge is 0.355 e. The highest BCUT2D eigenvalue weighted by Gasteiger charge is 2.44. The van der Waals surface area contributed by atoms with E-state index in [2.05, 4.69) is 0 Å². The lowest BCUT2D eigenvalue weighted by Gasteiger charge is -2.28. The molecule has 1 aliphatic carbocycles. The first kappa shape index (κ1) is 24.4. The molecule has 0 saturated heterocycles. The van der Waals surface area contributed by atoms with E-state index in [1.54, 1.807) is 13.8 Å². The molecule has 1 aliphatic rings. The zero-order valence-electron chi connectivity index (χ0n) is 19.7. The minimum Gasteiger partial charge on any atom is -0.461 e. The van der Waals surface area contributed by atoms with Crippen LogP contribution >= 0.6 is 0 Å². The molecule has 3 rings (SSSR count). The SMILES string of the molecule is CCOC(=O)c1c2c(c(C(=O)OCC)n1Cc1ccccc1)C(=O)CC(CC)(CC)CC2=O. The van der Waals surface area contributed by atoms with Crippen LogP contribution in [0.4, 0.5) is 0 Å². The van der Waals surface area contributed by atoms with Gasteiger partial charge in [0.1, 0.15) is 11.4 Å². The molecule has 176 valence electrons. The maximum Gasteiger partial charge on any atom is 0.355 e. The highest BCUT2D eigenvalue weighted by molar-refractivity contribution is 6.20. The summed E-state index contributed by atoms with van der Waals surface area (Å²) in [5.74, 6) is -2.11. The van der Waals surface area contributed by atoms with Gasteiger partial charge < -0.3 is 14.0 Å². The molecular formula is C26H31NO6. The van der Waals surface area contributed by atoms with Gasteiger partial charge in [-0.25, -0.2) is 9.59 Å². The Labute approximate surface area is 194 Å². The number of hydrogen-bond donors (Lipinski definition) is 0. The molecule has 7 nitrogen and oxygen atoms in total. The van der Waals surface area contributed by atoms with E-state index in [9.17, 15) is 19.2 Å². The van der Waals surface area contributed by atoms with E-state index in [1.165, 1.54) is 4.57 Å². The Balaban J connectivity index is 2.34. The number of ketones is 2. The van der Waals surface area contributed by atoms with E-state index >= 15 is 0 Å². The third-order valence-corrected chi connectivity index (χ3v) is 6.51. The Morgan fingerprint density at radius 2 is 1.27 bits per heavy atom. The number of fused-ring (bicyclic) bond motifs is 1. The van der Waals surface area contributed by atoms with E-state index in [-0.39, 0.29) is 66.7 Å². The number of benzene rings is 1. The summed E-state index contributed by atoms with van der Waals surface area (Å²) in [5.41, 5.74) is 0.153. The minimum atomic E-state index is -0.734. The first-order valence-corrected chi connectivity index (χ1v) is 11.5. The van der Waals surface area contributed by atoms with Crippen molar-refractivity contribution in [2.45, 2.75) is 59.9 Å². The molecule has 0 saturated carbocycles. The van der Waals surface area contributed by atoms with Crippen LogP contribution in [0.3, 0.4) is 0 Å². The van der Waals surface area contributed by atoms with Crippen LogP contribution in [0.2, 0.25) is 0 Å². The fourth-order valence-corrected chi connectivity index (χ4v) is 4.58. The van der Waals surface area contributed by atoms with Gasteiger partial charge in [-0.15, -0.1) is 0 Å². The van der Waals surface area contributed by atoms with Gasteiger partial charge >= 0.3 is 11.9 Å². The van der Waals surface area contributed by atoms with Gasteiger partial charge in [-0.3, -0.25) is 9.59 Å². The van der Waals surface area contributed by atoms with Crippen molar-refractivity contribution in [3.8, 4) is 0 Å². The van der Waals surface area contributed by atoms with E-state index in [0.29, 0.717) is 12.8 Å². The van der Waals surface area contributed by atoms with E-state index < -0.39 is 17.4 Å². The largest absolute Gasteiger partial charge is 0.461 e. The highest BCUT2D eigenvalue weighted by Crippen LogP contribution is 2.43. The van der Waals surface area contributed by atoms with Crippen LogP contribution in [0.1, 0.15) is 101 Å². The summed E-state index contributed by atoms with van der Waals surface area (Å²) in [7, 11) is 0. The number of rotatable bonds is 8. The Bertz CT molecular complexity index is 1000. The Morgan fingerprint density at radius 1 is 0.818 bits per heavy atom. The van der Waals surface area contributed by atoms with Crippen molar-refractivity contribution in [2.24, 2.45) is 5.41 Å². The summed E-state index contributed by atoms with van der Waals surface area (Å²) in [4.78, 5) is 53.4. The predicted molar refractivity (Wildman–Crippen MR) is 123 cm³/mol.